The first-order valence-electron chi connectivity index (χ1n) is 5.25. The van der Waals surface area contributed by atoms with Crippen LogP contribution in [0, 0.1) is 17.6 Å². The summed E-state index contributed by atoms with van der Waals surface area (Å²) in [7, 11) is 0. The van der Waals surface area contributed by atoms with E-state index in [1.54, 1.807) is 0 Å². The van der Waals surface area contributed by atoms with Crippen molar-refractivity contribution in [1.82, 2.24) is 0 Å². The highest BCUT2D eigenvalue weighted by atomic mass is 79.9. The average molecular weight is 293 g/mol. The number of hydrogen-bond acceptors (Lipinski definition) is 1. The Hall–Kier alpha value is -0.480. The van der Waals surface area contributed by atoms with Gasteiger partial charge in [-0.05, 0) is 46.3 Å². The molecule has 0 aliphatic heterocycles. The summed E-state index contributed by atoms with van der Waals surface area (Å²) < 4.78 is 26.1. The lowest BCUT2D eigenvalue weighted by atomic mass is 10.00. The van der Waals surface area contributed by atoms with E-state index in [4.69, 9.17) is 0 Å². The van der Waals surface area contributed by atoms with E-state index in [1.165, 1.54) is 6.07 Å². The molecule has 1 nitrogen and oxygen atoms in total. The Morgan fingerprint density at radius 3 is 2.44 bits per heavy atom. The van der Waals surface area contributed by atoms with E-state index in [1.807, 2.05) is 13.8 Å². The quantitative estimate of drug-likeness (QED) is 0.825. The molecule has 0 saturated carbocycles. The van der Waals surface area contributed by atoms with E-state index >= 15 is 0 Å². The molecular formula is C12H15BrF2O. The Labute approximate surface area is 103 Å². The summed E-state index contributed by atoms with van der Waals surface area (Å²) in [4.78, 5) is 0. The predicted molar refractivity (Wildman–Crippen MR) is 63.1 cm³/mol. The maximum Gasteiger partial charge on any atom is 0.173 e. The van der Waals surface area contributed by atoms with Gasteiger partial charge in [-0.2, -0.15) is 0 Å². The van der Waals surface area contributed by atoms with Crippen LogP contribution in [0.15, 0.2) is 16.6 Å². The molecule has 0 spiro atoms. The number of aliphatic hydroxyl groups excluding tert-OH is 1. The first-order chi connectivity index (χ1) is 7.43. The minimum absolute atomic E-state index is 0.0174. The molecule has 90 valence electrons. The third-order valence-corrected chi connectivity index (χ3v) is 3.25. The van der Waals surface area contributed by atoms with Gasteiger partial charge >= 0.3 is 0 Å². The van der Waals surface area contributed by atoms with E-state index in [9.17, 15) is 13.9 Å². The second-order valence-corrected chi connectivity index (χ2v) is 5.04. The van der Waals surface area contributed by atoms with E-state index in [-0.39, 0.29) is 4.47 Å². The van der Waals surface area contributed by atoms with Gasteiger partial charge in [0.2, 0.25) is 0 Å². The molecule has 0 amide bonds. The van der Waals surface area contributed by atoms with Crippen LogP contribution in [0.1, 0.15) is 38.4 Å². The van der Waals surface area contributed by atoms with Crippen molar-refractivity contribution in [3.63, 3.8) is 0 Å². The van der Waals surface area contributed by atoms with Crippen molar-refractivity contribution in [1.29, 1.82) is 0 Å². The molecule has 16 heavy (non-hydrogen) atoms. The minimum atomic E-state index is -0.943. The topological polar surface area (TPSA) is 20.2 Å². The molecular weight excluding hydrogens is 278 g/mol. The highest BCUT2D eigenvalue weighted by molar-refractivity contribution is 9.10. The van der Waals surface area contributed by atoms with Crippen molar-refractivity contribution in [2.45, 2.75) is 32.8 Å². The number of benzene rings is 1. The summed E-state index contributed by atoms with van der Waals surface area (Å²) >= 11 is 2.96. The van der Waals surface area contributed by atoms with Crippen LogP contribution in [-0.4, -0.2) is 5.11 Å². The molecule has 1 N–H and O–H groups in total. The molecule has 1 aromatic rings. The van der Waals surface area contributed by atoms with Crippen LogP contribution in [0.2, 0.25) is 0 Å². The third kappa shape index (κ3) is 3.25. The maximum absolute atomic E-state index is 13.2. The average Bonchev–Trinajstić information content (AvgIpc) is 2.23. The molecule has 1 rings (SSSR count). The van der Waals surface area contributed by atoms with Gasteiger partial charge in [-0.3, -0.25) is 0 Å². The van der Waals surface area contributed by atoms with Crippen LogP contribution in [0.5, 0.6) is 0 Å². The van der Waals surface area contributed by atoms with Gasteiger partial charge in [-0.25, -0.2) is 8.78 Å². The lowest BCUT2D eigenvalue weighted by Crippen LogP contribution is -2.03. The Morgan fingerprint density at radius 1 is 1.25 bits per heavy atom. The highest BCUT2D eigenvalue weighted by Gasteiger charge is 2.17. The lowest BCUT2D eigenvalue weighted by molar-refractivity contribution is 0.157. The first-order valence-corrected chi connectivity index (χ1v) is 6.04. The van der Waals surface area contributed by atoms with Crippen LogP contribution in [0.3, 0.4) is 0 Å². The van der Waals surface area contributed by atoms with E-state index in [0.29, 0.717) is 17.9 Å². The van der Waals surface area contributed by atoms with E-state index < -0.39 is 17.7 Å². The molecule has 4 heteroatoms. The van der Waals surface area contributed by atoms with Gasteiger partial charge in [-0.15, -0.1) is 0 Å². The molecule has 1 unspecified atom stereocenters. The summed E-state index contributed by atoms with van der Waals surface area (Å²) in [6, 6.07) is 2.45. The molecule has 0 heterocycles. The fraction of sp³-hybridized carbons (Fsp3) is 0.500. The number of hydrogen-bond donors (Lipinski definition) is 1. The molecule has 0 aromatic heterocycles. The Balaban J connectivity index is 2.84. The predicted octanol–water partition coefficient (Wildman–Crippen LogP) is 4.20. The van der Waals surface area contributed by atoms with E-state index in [2.05, 4.69) is 15.9 Å². The van der Waals surface area contributed by atoms with Crippen molar-refractivity contribution in [3.8, 4) is 0 Å². The number of aliphatic hydroxyl groups is 1. The van der Waals surface area contributed by atoms with Crippen LogP contribution in [-0.2, 0) is 0 Å². The molecule has 1 atom stereocenters. The molecule has 0 aliphatic rings. The summed E-state index contributed by atoms with van der Waals surface area (Å²) in [6.07, 6.45) is 0.625. The van der Waals surface area contributed by atoms with Crippen molar-refractivity contribution >= 4 is 15.9 Å². The van der Waals surface area contributed by atoms with E-state index in [0.717, 1.165) is 12.5 Å². The molecule has 0 aliphatic carbocycles. The largest absolute Gasteiger partial charge is 0.388 e. The fourth-order valence-electron chi connectivity index (χ4n) is 1.44. The zero-order valence-corrected chi connectivity index (χ0v) is 10.9. The van der Waals surface area contributed by atoms with Crippen LogP contribution < -0.4 is 0 Å². The molecule has 0 fully saturated rings. The fourth-order valence-corrected chi connectivity index (χ4v) is 2.03. The van der Waals surface area contributed by atoms with Crippen molar-refractivity contribution in [2.24, 2.45) is 5.92 Å². The standard InChI is InChI=1S/C12H15BrF2O/c1-7(2)3-6-10(16)8-4-5-9(14)12(15)11(8)13/h4-5,7,10,16H,3,6H2,1-2H3. The third-order valence-electron chi connectivity index (χ3n) is 2.44. The van der Waals surface area contributed by atoms with Crippen molar-refractivity contribution in [2.75, 3.05) is 0 Å². The SMILES string of the molecule is CC(C)CCC(O)c1ccc(F)c(F)c1Br. The van der Waals surface area contributed by atoms with Gasteiger partial charge in [0, 0.05) is 0 Å². The van der Waals surface area contributed by atoms with Gasteiger partial charge < -0.3 is 5.11 Å². The lowest BCUT2D eigenvalue weighted by Gasteiger charge is -2.14. The number of rotatable bonds is 4. The van der Waals surface area contributed by atoms with Crippen molar-refractivity contribution in [3.05, 3.63) is 33.8 Å². The van der Waals surface area contributed by atoms with Gasteiger partial charge in [0.05, 0.1) is 10.6 Å². The Morgan fingerprint density at radius 2 is 1.88 bits per heavy atom. The summed E-state index contributed by atoms with van der Waals surface area (Å²) in [5.74, 6) is -1.38. The number of halogens is 3. The monoisotopic (exact) mass is 292 g/mol. The summed E-state index contributed by atoms with van der Waals surface area (Å²) in [5.41, 5.74) is 0.402. The smallest absolute Gasteiger partial charge is 0.173 e. The van der Waals surface area contributed by atoms with Crippen LogP contribution in [0.4, 0.5) is 8.78 Å². The second kappa shape index (κ2) is 5.73. The molecule has 0 saturated heterocycles. The summed E-state index contributed by atoms with van der Waals surface area (Å²) in [5, 5.41) is 9.85. The maximum atomic E-state index is 13.2. The minimum Gasteiger partial charge on any atom is -0.388 e. The second-order valence-electron chi connectivity index (χ2n) is 4.25. The zero-order valence-electron chi connectivity index (χ0n) is 9.30. The zero-order chi connectivity index (χ0) is 12.3. The molecule has 0 radical (unpaired) electrons. The molecule has 0 bridgehead atoms. The van der Waals surface area contributed by atoms with Gasteiger partial charge in [0.1, 0.15) is 0 Å². The molecule has 1 aromatic carbocycles. The first kappa shape index (κ1) is 13.6. The Kier molecular flexibility index (Phi) is 4.87. The normalized spacial score (nSPS) is 13.2. The van der Waals surface area contributed by atoms with Gasteiger partial charge in [-0.1, -0.05) is 19.9 Å². The van der Waals surface area contributed by atoms with Crippen LogP contribution >= 0.6 is 15.9 Å². The van der Waals surface area contributed by atoms with Crippen molar-refractivity contribution < 1.29 is 13.9 Å². The van der Waals surface area contributed by atoms with Crippen LogP contribution in [0.25, 0.3) is 0 Å². The Bertz CT molecular complexity index is 366. The van der Waals surface area contributed by atoms with Gasteiger partial charge in [0.15, 0.2) is 11.6 Å². The van der Waals surface area contributed by atoms with Gasteiger partial charge in [0.25, 0.3) is 0 Å². The summed E-state index contributed by atoms with van der Waals surface area (Å²) in [6.45, 7) is 4.10. The highest BCUT2D eigenvalue weighted by Crippen LogP contribution is 2.30.